The number of amides is 1. The van der Waals surface area contributed by atoms with Gasteiger partial charge in [-0.3, -0.25) is 4.79 Å². The van der Waals surface area contributed by atoms with Gasteiger partial charge in [0.1, 0.15) is 11.5 Å². The van der Waals surface area contributed by atoms with Crippen LogP contribution in [0.15, 0.2) is 48.5 Å². The topological polar surface area (TPSA) is 46.9 Å². The molecule has 0 radical (unpaired) electrons. The van der Waals surface area contributed by atoms with Crippen LogP contribution in [0.1, 0.15) is 41.9 Å². The van der Waals surface area contributed by atoms with Crippen LogP contribution < -0.4 is 5.32 Å². The zero-order valence-electron chi connectivity index (χ0n) is 16.8. The molecule has 0 aliphatic rings. The van der Waals surface area contributed by atoms with Gasteiger partial charge in [-0.25, -0.2) is 9.07 Å². The zero-order valence-corrected chi connectivity index (χ0v) is 16.8. The summed E-state index contributed by atoms with van der Waals surface area (Å²) >= 11 is 0. The summed E-state index contributed by atoms with van der Waals surface area (Å²) in [6.45, 7) is 8.86. The Hall–Kier alpha value is -2.95. The summed E-state index contributed by atoms with van der Waals surface area (Å²) in [6, 6.07) is 14.0. The molecule has 5 heteroatoms. The predicted molar refractivity (Wildman–Crippen MR) is 110 cm³/mol. The number of carbonyl (C=O) groups excluding carboxylic acids is 1. The maximum atomic E-state index is 13.3. The number of nitrogens with one attached hydrogen (secondary N) is 1. The maximum Gasteiger partial charge on any atom is 0.270 e. The van der Waals surface area contributed by atoms with E-state index in [0.29, 0.717) is 23.9 Å². The Morgan fingerprint density at radius 1 is 1.11 bits per heavy atom. The first kappa shape index (κ1) is 19.8. The number of hydrogen-bond acceptors (Lipinski definition) is 2. The van der Waals surface area contributed by atoms with E-state index >= 15 is 0 Å². The molecule has 3 aromatic rings. The molecule has 0 aliphatic carbocycles. The van der Waals surface area contributed by atoms with E-state index in [9.17, 15) is 9.18 Å². The number of carbonyl (C=O) groups is 1. The maximum absolute atomic E-state index is 13.3. The van der Waals surface area contributed by atoms with E-state index in [-0.39, 0.29) is 11.7 Å². The molecule has 0 atom stereocenters. The Labute approximate surface area is 165 Å². The van der Waals surface area contributed by atoms with Crippen molar-refractivity contribution in [2.75, 3.05) is 6.54 Å². The first-order valence-corrected chi connectivity index (χ1v) is 9.57. The molecular formula is C23H26FN3O. The van der Waals surface area contributed by atoms with Crippen LogP contribution in [0, 0.1) is 25.6 Å². The Balaban J connectivity index is 2.04. The molecule has 1 aromatic heterocycles. The highest BCUT2D eigenvalue weighted by Gasteiger charge is 2.19. The lowest BCUT2D eigenvalue weighted by Gasteiger charge is -2.12. The van der Waals surface area contributed by atoms with Crippen molar-refractivity contribution in [3.8, 4) is 16.9 Å². The summed E-state index contributed by atoms with van der Waals surface area (Å²) in [7, 11) is 0. The Morgan fingerprint density at radius 2 is 1.82 bits per heavy atom. The molecule has 3 rings (SSSR count). The summed E-state index contributed by atoms with van der Waals surface area (Å²) in [5.74, 6) is 0.0470. The number of aromatic nitrogens is 2. The van der Waals surface area contributed by atoms with Crippen molar-refractivity contribution in [3.05, 3.63) is 71.2 Å². The van der Waals surface area contributed by atoms with Gasteiger partial charge in [0.15, 0.2) is 0 Å². The highest BCUT2D eigenvalue weighted by Crippen LogP contribution is 2.24. The number of nitrogens with zero attached hydrogens (tertiary/aromatic N) is 2. The first-order valence-electron chi connectivity index (χ1n) is 9.57. The molecule has 1 amide bonds. The molecule has 1 heterocycles. The molecular weight excluding hydrogens is 353 g/mol. The van der Waals surface area contributed by atoms with Gasteiger partial charge in [0.05, 0.1) is 11.4 Å². The number of aryl methyl sites for hydroxylation is 2. The van der Waals surface area contributed by atoms with Crippen molar-refractivity contribution < 1.29 is 9.18 Å². The lowest BCUT2D eigenvalue weighted by atomic mass is 10.1. The van der Waals surface area contributed by atoms with Crippen LogP contribution in [-0.4, -0.2) is 22.2 Å². The van der Waals surface area contributed by atoms with Crippen LogP contribution in [-0.2, 0) is 0 Å². The Kier molecular flexibility index (Phi) is 5.93. The van der Waals surface area contributed by atoms with Crippen LogP contribution in [0.3, 0.4) is 0 Å². The molecule has 2 aromatic carbocycles. The van der Waals surface area contributed by atoms with Gasteiger partial charge in [0.2, 0.25) is 0 Å². The minimum Gasteiger partial charge on any atom is -0.351 e. The zero-order chi connectivity index (χ0) is 20.3. The molecule has 146 valence electrons. The van der Waals surface area contributed by atoms with E-state index in [0.717, 1.165) is 28.8 Å². The van der Waals surface area contributed by atoms with Gasteiger partial charge in [-0.15, -0.1) is 0 Å². The van der Waals surface area contributed by atoms with Gasteiger partial charge < -0.3 is 5.32 Å². The van der Waals surface area contributed by atoms with Crippen LogP contribution in [0.5, 0.6) is 0 Å². The van der Waals surface area contributed by atoms with Crippen molar-refractivity contribution in [3.63, 3.8) is 0 Å². The summed E-state index contributed by atoms with van der Waals surface area (Å²) in [4.78, 5) is 12.9. The summed E-state index contributed by atoms with van der Waals surface area (Å²) < 4.78 is 15.0. The van der Waals surface area contributed by atoms with E-state index < -0.39 is 0 Å². The average molecular weight is 379 g/mol. The minimum atomic E-state index is -0.302. The molecule has 4 nitrogen and oxygen atoms in total. The molecule has 0 aliphatic heterocycles. The molecule has 0 fully saturated rings. The molecule has 0 spiro atoms. The van der Waals surface area contributed by atoms with Crippen LogP contribution in [0.25, 0.3) is 16.9 Å². The van der Waals surface area contributed by atoms with E-state index in [1.165, 1.54) is 12.1 Å². The highest BCUT2D eigenvalue weighted by atomic mass is 19.1. The number of halogens is 1. The van der Waals surface area contributed by atoms with Crippen LogP contribution in [0.2, 0.25) is 0 Å². The van der Waals surface area contributed by atoms with E-state index in [1.54, 1.807) is 22.9 Å². The van der Waals surface area contributed by atoms with Gasteiger partial charge in [-0.1, -0.05) is 26.0 Å². The van der Waals surface area contributed by atoms with Gasteiger partial charge in [0.25, 0.3) is 5.91 Å². The normalized spacial score (nSPS) is 11.1. The molecule has 0 bridgehead atoms. The minimum absolute atomic E-state index is 0.164. The lowest BCUT2D eigenvalue weighted by Crippen LogP contribution is -2.27. The van der Waals surface area contributed by atoms with Crippen molar-refractivity contribution in [1.29, 1.82) is 0 Å². The second-order valence-electron chi connectivity index (χ2n) is 7.56. The predicted octanol–water partition coefficient (Wildman–Crippen LogP) is 5.07. The summed E-state index contributed by atoms with van der Waals surface area (Å²) in [5.41, 5.74) is 4.84. The third-order valence-corrected chi connectivity index (χ3v) is 4.68. The fourth-order valence-electron chi connectivity index (χ4n) is 3.00. The largest absolute Gasteiger partial charge is 0.351 e. The standard InChI is InChI=1S/C23H26FN3O/c1-15(2)11-12-25-23(28)22-14-20(18-7-9-19(24)10-8-18)26-27(22)21-13-16(3)5-6-17(21)4/h5-10,13-15H,11-12H2,1-4H3,(H,25,28). The van der Waals surface area contributed by atoms with Gasteiger partial charge in [-0.05, 0) is 73.7 Å². The number of benzene rings is 2. The second kappa shape index (κ2) is 8.38. The van der Waals surface area contributed by atoms with E-state index in [1.807, 2.05) is 32.0 Å². The Bertz CT molecular complexity index is 974. The SMILES string of the molecule is Cc1ccc(C)c(-n2nc(-c3ccc(F)cc3)cc2C(=O)NCCC(C)C)c1. The molecule has 0 saturated heterocycles. The fourth-order valence-corrected chi connectivity index (χ4v) is 3.00. The molecule has 28 heavy (non-hydrogen) atoms. The van der Waals surface area contributed by atoms with Crippen LogP contribution >= 0.6 is 0 Å². The van der Waals surface area contributed by atoms with Crippen molar-refractivity contribution in [2.24, 2.45) is 5.92 Å². The van der Waals surface area contributed by atoms with E-state index in [2.05, 4.69) is 24.3 Å². The third-order valence-electron chi connectivity index (χ3n) is 4.68. The van der Waals surface area contributed by atoms with Gasteiger partial charge in [0, 0.05) is 12.1 Å². The molecule has 0 saturated carbocycles. The Morgan fingerprint density at radius 3 is 2.50 bits per heavy atom. The van der Waals surface area contributed by atoms with Crippen LogP contribution in [0.4, 0.5) is 4.39 Å². The monoisotopic (exact) mass is 379 g/mol. The first-order chi connectivity index (χ1) is 13.3. The average Bonchev–Trinajstić information content (AvgIpc) is 3.09. The summed E-state index contributed by atoms with van der Waals surface area (Å²) in [6.07, 6.45) is 0.911. The van der Waals surface area contributed by atoms with Crippen molar-refractivity contribution in [1.82, 2.24) is 15.1 Å². The smallest absolute Gasteiger partial charge is 0.270 e. The van der Waals surface area contributed by atoms with Crippen molar-refractivity contribution >= 4 is 5.91 Å². The number of hydrogen-bond donors (Lipinski definition) is 1. The number of rotatable bonds is 6. The van der Waals surface area contributed by atoms with Gasteiger partial charge >= 0.3 is 0 Å². The third kappa shape index (κ3) is 4.47. The quantitative estimate of drug-likeness (QED) is 0.650. The summed E-state index contributed by atoms with van der Waals surface area (Å²) in [5, 5.41) is 7.67. The van der Waals surface area contributed by atoms with Crippen molar-refractivity contribution in [2.45, 2.75) is 34.1 Å². The van der Waals surface area contributed by atoms with E-state index in [4.69, 9.17) is 0 Å². The highest BCUT2D eigenvalue weighted by molar-refractivity contribution is 5.94. The molecule has 1 N–H and O–H groups in total. The van der Waals surface area contributed by atoms with Gasteiger partial charge in [-0.2, -0.15) is 5.10 Å². The molecule has 0 unspecified atom stereocenters. The second-order valence-corrected chi connectivity index (χ2v) is 7.56. The fraction of sp³-hybridized carbons (Fsp3) is 0.304. The lowest BCUT2D eigenvalue weighted by molar-refractivity contribution is 0.0944.